The van der Waals surface area contributed by atoms with Gasteiger partial charge < -0.3 is 21.9 Å². The fourth-order valence-electron chi connectivity index (χ4n) is 5.82. The molecule has 15 nitrogen and oxygen atoms in total. The number of nitrogens with zero attached hydrogens (tertiary/aromatic N) is 1. The molecule has 69 heavy (non-hydrogen) atoms. The van der Waals surface area contributed by atoms with Gasteiger partial charge in [0.1, 0.15) is 27.5 Å². The van der Waals surface area contributed by atoms with E-state index in [1.165, 1.54) is 76.5 Å². The average Bonchev–Trinajstić information content (AvgIpc) is 4.04. The smallest absolute Gasteiger partial charge is 0.277 e. The number of benzene rings is 4. The lowest BCUT2D eigenvalue weighted by Crippen LogP contribution is -2.37. The number of thioether (sulfide) groups is 3. The molecule has 0 fully saturated rings. The van der Waals surface area contributed by atoms with Crippen molar-refractivity contribution >= 4 is 128 Å². The van der Waals surface area contributed by atoms with Crippen molar-refractivity contribution in [3.63, 3.8) is 0 Å². The first kappa shape index (κ1) is 54.6. The number of amidine groups is 3. The molecule has 0 saturated carbocycles. The molecular formula is C45H48N8O7S9. The van der Waals surface area contributed by atoms with Crippen molar-refractivity contribution < 1.29 is 30.0 Å². The second-order valence-corrected chi connectivity index (χ2v) is 26.2. The fraction of sp³-hybridized carbons (Fsp3) is 0.133. The number of nitrogens with one attached hydrogen (secondary N) is 4. The van der Waals surface area contributed by atoms with Gasteiger partial charge in [-0.25, -0.2) is 25.3 Å². The van der Waals surface area contributed by atoms with E-state index >= 15 is 0 Å². The summed E-state index contributed by atoms with van der Waals surface area (Å²) in [5.41, 5.74) is 19.3. The van der Waals surface area contributed by atoms with Crippen LogP contribution in [0.15, 0.2) is 150 Å². The summed E-state index contributed by atoms with van der Waals surface area (Å²) < 4.78 is 90.0. The second kappa shape index (κ2) is 24.0. The molecule has 0 spiro atoms. The van der Waals surface area contributed by atoms with Gasteiger partial charge in [-0.15, -0.1) is 69.3 Å². The topological polar surface area (TPSA) is 277 Å². The first-order valence-electron chi connectivity index (χ1n) is 19.9. The summed E-state index contributed by atoms with van der Waals surface area (Å²) in [5, 5.41) is 22.6. The van der Waals surface area contributed by atoms with Crippen LogP contribution in [0.3, 0.4) is 0 Å². The van der Waals surface area contributed by atoms with E-state index in [9.17, 15) is 25.3 Å². The lowest BCUT2D eigenvalue weighted by molar-refractivity contribution is 0.475. The fourth-order valence-corrected chi connectivity index (χ4v) is 16.0. The molecule has 0 saturated heterocycles. The van der Waals surface area contributed by atoms with E-state index in [1.54, 1.807) is 86.5 Å². The van der Waals surface area contributed by atoms with Gasteiger partial charge in [-0.1, -0.05) is 83.9 Å². The van der Waals surface area contributed by atoms with Crippen LogP contribution >= 0.6 is 69.3 Å². The molecule has 0 aliphatic carbocycles. The first-order valence-corrected chi connectivity index (χ1v) is 30.5. The van der Waals surface area contributed by atoms with Crippen molar-refractivity contribution in [2.45, 2.75) is 42.0 Å². The van der Waals surface area contributed by atoms with Crippen molar-refractivity contribution in [1.29, 1.82) is 16.2 Å². The van der Waals surface area contributed by atoms with Gasteiger partial charge >= 0.3 is 0 Å². The van der Waals surface area contributed by atoms with E-state index in [-0.39, 0.29) is 43.6 Å². The van der Waals surface area contributed by atoms with Crippen LogP contribution in [0.4, 0.5) is 11.4 Å². The van der Waals surface area contributed by atoms with E-state index < -0.39 is 30.1 Å². The Labute approximate surface area is 427 Å². The Kier molecular flexibility index (Phi) is 19.0. The molecule has 0 unspecified atom stereocenters. The van der Waals surface area contributed by atoms with Crippen molar-refractivity contribution in [3.8, 4) is 11.5 Å². The summed E-state index contributed by atoms with van der Waals surface area (Å²) >= 11 is 8.04. The summed E-state index contributed by atoms with van der Waals surface area (Å²) in [6.07, 6.45) is 5.53. The van der Waals surface area contributed by atoms with Crippen molar-refractivity contribution in [2.24, 2.45) is 17.2 Å². The molecular weight excluding hydrogens is 1050 g/mol. The van der Waals surface area contributed by atoms with Gasteiger partial charge in [0.25, 0.3) is 20.0 Å². The molecule has 0 bridgehead atoms. The van der Waals surface area contributed by atoms with E-state index in [0.29, 0.717) is 18.5 Å². The van der Waals surface area contributed by atoms with Crippen molar-refractivity contribution in [1.82, 2.24) is 0 Å². The Morgan fingerprint density at radius 1 is 0.580 bits per heavy atom. The summed E-state index contributed by atoms with van der Waals surface area (Å²) in [4.78, 5) is 1.26. The predicted molar refractivity (Wildman–Crippen MR) is 290 cm³/mol. The summed E-state index contributed by atoms with van der Waals surface area (Å²) in [7, 11) is -12.5. The van der Waals surface area contributed by atoms with E-state index in [2.05, 4.69) is 4.72 Å². The number of rotatable bonds is 17. The minimum absolute atomic E-state index is 0.0520. The molecule has 7 rings (SSSR count). The zero-order valence-corrected chi connectivity index (χ0v) is 44.9. The third kappa shape index (κ3) is 14.4. The quantitative estimate of drug-likeness (QED) is 0.0254. The molecule has 3 heterocycles. The Bertz CT molecular complexity index is 3180. The van der Waals surface area contributed by atoms with Gasteiger partial charge in [-0.05, 0) is 86.7 Å². The molecule has 0 aliphatic rings. The van der Waals surface area contributed by atoms with E-state index in [0.717, 1.165) is 52.8 Å². The maximum Gasteiger partial charge on any atom is 0.277 e. The minimum atomic E-state index is -4.50. The lowest BCUT2D eigenvalue weighted by Gasteiger charge is -2.24. The number of ether oxygens (including phenoxy) is 1. The molecule has 0 amide bonds. The summed E-state index contributed by atoms with van der Waals surface area (Å²) in [6, 6.07) is 35.2. The minimum Gasteiger partial charge on any atom is -0.455 e. The molecule has 0 aliphatic heterocycles. The number of aryl methyl sites for hydroxylation is 2. The SMILES string of the molecule is CSc1sc(C(=N)N)cc1N(S(=O)(=O)c1ccc(C)cc1)S(=O)(=O)c1ccc(C)cc1.CSc1sc(C(=N)N)cc1NS(=O)(=O)Cc1ccccc1.CSc1sc(C(=N)N)cc1Oc1ccccc1. The van der Waals surface area contributed by atoms with E-state index in [4.69, 9.17) is 38.2 Å². The van der Waals surface area contributed by atoms with Crippen molar-refractivity contribution in [3.05, 3.63) is 159 Å². The molecule has 364 valence electrons. The molecule has 0 radical (unpaired) electrons. The van der Waals surface area contributed by atoms with Crippen LogP contribution in [0.5, 0.6) is 11.5 Å². The molecule has 0 atom stereocenters. The zero-order chi connectivity index (χ0) is 50.7. The zero-order valence-electron chi connectivity index (χ0n) is 37.5. The van der Waals surface area contributed by atoms with Gasteiger partial charge in [-0.3, -0.25) is 20.9 Å². The van der Waals surface area contributed by atoms with Gasteiger partial charge in [0.05, 0.1) is 50.0 Å². The van der Waals surface area contributed by atoms with Crippen LogP contribution in [-0.4, -0.2) is 61.5 Å². The number of para-hydroxylation sites is 1. The molecule has 7 aromatic rings. The predicted octanol–water partition coefficient (Wildman–Crippen LogP) is 10.2. The molecule has 24 heteroatoms. The maximum absolute atomic E-state index is 13.6. The van der Waals surface area contributed by atoms with Crippen LogP contribution in [0.2, 0.25) is 0 Å². The average molecular weight is 1100 g/mol. The van der Waals surface area contributed by atoms with Gasteiger partial charge in [-0.2, -0.15) is 3.71 Å². The Balaban J connectivity index is 0.000000204. The number of anilines is 2. The monoisotopic (exact) mass is 1100 g/mol. The van der Waals surface area contributed by atoms with Gasteiger partial charge in [0.15, 0.2) is 5.75 Å². The summed E-state index contributed by atoms with van der Waals surface area (Å²) in [6.45, 7) is 3.61. The standard InChI is InChI=1S/C20H21N3O4S4.C13H15N3O2S3.C12H12N2OS2/c1-13-4-8-15(9-5-13)30(24,25)23(17-12-18(19(21)22)29-20(17)28-3)31(26,27)16-10-6-14(2)7-11-16;1-19-13-10(7-11(20-13)12(14)15)16-21(17,18)8-9-5-3-2-4-6-9;1-16-12-9(7-10(17-12)11(13)14)15-8-5-3-2-4-6-8/h4-12H,1-3H3,(H3,21,22);2-7,16H,8H2,1H3,(H3,14,15);2-7H,1H3,(H3,13,14). The number of nitrogen functional groups attached to an aromatic ring is 3. The van der Waals surface area contributed by atoms with Crippen molar-refractivity contribution in [2.75, 3.05) is 27.2 Å². The van der Waals surface area contributed by atoms with Crippen LogP contribution in [0.25, 0.3) is 0 Å². The highest BCUT2D eigenvalue weighted by molar-refractivity contribution is 8.10. The largest absolute Gasteiger partial charge is 0.455 e. The Morgan fingerprint density at radius 2 is 1.00 bits per heavy atom. The van der Waals surface area contributed by atoms with E-state index in [1.807, 2.05) is 55.0 Å². The maximum atomic E-state index is 13.6. The summed E-state index contributed by atoms with van der Waals surface area (Å²) in [5.74, 6) is 1.20. The Hall–Kier alpha value is -5.31. The molecule has 4 aromatic carbocycles. The van der Waals surface area contributed by atoms with Crippen LogP contribution in [-0.2, 0) is 35.8 Å². The van der Waals surface area contributed by atoms with Crippen LogP contribution in [0, 0.1) is 30.1 Å². The highest BCUT2D eigenvalue weighted by atomic mass is 32.3. The van der Waals surface area contributed by atoms with Gasteiger partial charge in [0.2, 0.25) is 10.0 Å². The molecule has 10 N–H and O–H groups in total. The number of sulfonamides is 3. The third-order valence-electron chi connectivity index (χ3n) is 9.10. The lowest BCUT2D eigenvalue weighted by atomic mass is 10.2. The number of hydrogen-bond donors (Lipinski definition) is 7. The molecule has 3 aromatic heterocycles. The number of hydrogen-bond acceptors (Lipinski definition) is 16. The first-order chi connectivity index (χ1) is 32.6. The second-order valence-electron chi connectivity index (χ2n) is 14.3. The highest BCUT2D eigenvalue weighted by Crippen LogP contribution is 2.43. The van der Waals surface area contributed by atoms with Gasteiger partial charge in [0, 0.05) is 6.07 Å². The highest BCUT2D eigenvalue weighted by Gasteiger charge is 2.39. The number of nitrogens with two attached hydrogens (primary N) is 3. The van der Waals surface area contributed by atoms with Crippen LogP contribution in [0.1, 0.15) is 31.3 Å². The Morgan fingerprint density at radius 3 is 1.46 bits per heavy atom. The third-order valence-corrected chi connectivity index (χ3v) is 21.4. The van der Waals surface area contributed by atoms with Crippen LogP contribution < -0.4 is 30.4 Å². The normalized spacial score (nSPS) is 11.3. The number of thiophene rings is 3.